The van der Waals surface area contributed by atoms with Gasteiger partial charge in [0.15, 0.2) is 0 Å². The predicted molar refractivity (Wildman–Crippen MR) is 80.6 cm³/mol. The molecule has 0 radical (unpaired) electrons. The number of benzene rings is 1. The van der Waals surface area contributed by atoms with Crippen molar-refractivity contribution in [1.82, 2.24) is 10.3 Å². The molecule has 2 aromatic rings. The Morgan fingerprint density at radius 1 is 1.32 bits per heavy atom. The van der Waals surface area contributed by atoms with E-state index in [4.69, 9.17) is 11.6 Å². The molecule has 0 aliphatic carbocycles. The summed E-state index contributed by atoms with van der Waals surface area (Å²) in [5.41, 5.74) is 3.56. The Balaban J connectivity index is 2.22. The van der Waals surface area contributed by atoms with Crippen LogP contribution in [0.15, 0.2) is 42.7 Å². The van der Waals surface area contributed by atoms with Crippen LogP contribution in [0.1, 0.15) is 11.1 Å². The number of nitrogens with zero attached hydrogens (tertiary/aromatic N) is 2. The van der Waals surface area contributed by atoms with Gasteiger partial charge in [0, 0.05) is 43.2 Å². The summed E-state index contributed by atoms with van der Waals surface area (Å²) in [5, 5.41) is 3.94. The molecule has 0 atom stereocenters. The van der Waals surface area contributed by atoms with Crippen molar-refractivity contribution in [2.45, 2.75) is 13.1 Å². The third-order valence-corrected chi connectivity index (χ3v) is 3.20. The average Bonchev–Trinajstić information content (AvgIpc) is 2.42. The molecule has 1 aromatic heterocycles. The van der Waals surface area contributed by atoms with Gasteiger partial charge in [-0.25, -0.2) is 0 Å². The van der Waals surface area contributed by atoms with Crippen LogP contribution in [0.25, 0.3) is 0 Å². The Labute approximate surface area is 119 Å². The first-order chi connectivity index (χ1) is 9.20. The molecule has 0 amide bonds. The van der Waals surface area contributed by atoms with Gasteiger partial charge < -0.3 is 10.2 Å². The highest BCUT2D eigenvalue weighted by Crippen LogP contribution is 2.25. The maximum atomic E-state index is 6.10. The van der Waals surface area contributed by atoms with Crippen LogP contribution < -0.4 is 10.2 Å². The van der Waals surface area contributed by atoms with Crippen molar-refractivity contribution in [2.24, 2.45) is 0 Å². The van der Waals surface area contributed by atoms with Gasteiger partial charge >= 0.3 is 0 Å². The molecular formula is C15H18ClN3. The maximum absolute atomic E-state index is 6.10. The summed E-state index contributed by atoms with van der Waals surface area (Å²) >= 11 is 6.10. The van der Waals surface area contributed by atoms with Gasteiger partial charge in [-0.05, 0) is 36.4 Å². The van der Waals surface area contributed by atoms with E-state index in [1.54, 1.807) is 6.20 Å². The van der Waals surface area contributed by atoms with Gasteiger partial charge in [-0.2, -0.15) is 0 Å². The van der Waals surface area contributed by atoms with E-state index in [0.717, 1.165) is 23.8 Å². The number of halogens is 1. The standard InChI is InChI=1S/C15H18ClN3/c1-17-10-13-5-6-14(16)8-15(13)19(2)11-12-4-3-7-18-9-12/h3-9,17H,10-11H2,1-2H3. The number of hydrogen-bond donors (Lipinski definition) is 1. The number of anilines is 1. The van der Waals surface area contributed by atoms with Crippen LogP contribution in [0.2, 0.25) is 5.02 Å². The van der Waals surface area contributed by atoms with E-state index in [9.17, 15) is 0 Å². The zero-order valence-corrected chi connectivity index (χ0v) is 12.0. The Hall–Kier alpha value is -1.58. The van der Waals surface area contributed by atoms with Gasteiger partial charge in [0.25, 0.3) is 0 Å². The van der Waals surface area contributed by atoms with E-state index in [1.165, 1.54) is 11.1 Å². The van der Waals surface area contributed by atoms with Crippen LogP contribution in [0, 0.1) is 0 Å². The fraction of sp³-hybridized carbons (Fsp3) is 0.267. The topological polar surface area (TPSA) is 28.2 Å². The van der Waals surface area contributed by atoms with E-state index >= 15 is 0 Å². The van der Waals surface area contributed by atoms with Crippen molar-refractivity contribution in [3.63, 3.8) is 0 Å². The molecule has 0 unspecified atom stereocenters. The summed E-state index contributed by atoms with van der Waals surface area (Å²) in [6.45, 7) is 1.63. The maximum Gasteiger partial charge on any atom is 0.0441 e. The summed E-state index contributed by atoms with van der Waals surface area (Å²) in [7, 11) is 4.01. The van der Waals surface area contributed by atoms with Crippen molar-refractivity contribution in [2.75, 3.05) is 19.0 Å². The molecule has 1 N–H and O–H groups in total. The van der Waals surface area contributed by atoms with Crippen molar-refractivity contribution >= 4 is 17.3 Å². The first kappa shape index (κ1) is 13.8. The molecule has 0 aliphatic heterocycles. The average molecular weight is 276 g/mol. The Morgan fingerprint density at radius 2 is 2.16 bits per heavy atom. The van der Waals surface area contributed by atoms with Crippen molar-refractivity contribution in [3.8, 4) is 0 Å². The fourth-order valence-corrected chi connectivity index (χ4v) is 2.25. The Kier molecular flexibility index (Phi) is 4.77. The molecule has 4 heteroatoms. The van der Waals surface area contributed by atoms with E-state index < -0.39 is 0 Å². The molecule has 19 heavy (non-hydrogen) atoms. The number of rotatable bonds is 5. The second-order valence-electron chi connectivity index (χ2n) is 4.52. The van der Waals surface area contributed by atoms with Gasteiger partial charge in [-0.15, -0.1) is 0 Å². The van der Waals surface area contributed by atoms with E-state index in [0.29, 0.717) is 0 Å². The summed E-state index contributed by atoms with van der Waals surface area (Å²) in [4.78, 5) is 6.33. The molecule has 0 bridgehead atoms. The zero-order valence-electron chi connectivity index (χ0n) is 11.2. The van der Waals surface area contributed by atoms with Crippen LogP contribution >= 0.6 is 11.6 Å². The SMILES string of the molecule is CNCc1ccc(Cl)cc1N(C)Cc1cccnc1. The minimum atomic E-state index is 0.757. The summed E-state index contributed by atoms with van der Waals surface area (Å²) in [6.07, 6.45) is 3.67. The Morgan fingerprint density at radius 3 is 2.84 bits per heavy atom. The van der Waals surface area contributed by atoms with Gasteiger partial charge in [-0.3, -0.25) is 4.98 Å². The first-order valence-electron chi connectivity index (χ1n) is 6.24. The quantitative estimate of drug-likeness (QED) is 0.909. The number of hydrogen-bond acceptors (Lipinski definition) is 3. The van der Waals surface area contributed by atoms with Gasteiger partial charge in [0.2, 0.25) is 0 Å². The molecule has 2 rings (SSSR count). The van der Waals surface area contributed by atoms with Crippen LogP contribution in [0.4, 0.5) is 5.69 Å². The third kappa shape index (κ3) is 3.69. The fourth-order valence-electron chi connectivity index (χ4n) is 2.08. The van der Waals surface area contributed by atoms with Crippen LogP contribution in [0.5, 0.6) is 0 Å². The zero-order chi connectivity index (χ0) is 13.7. The molecule has 100 valence electrons. The Bertz CT molecular complexity index is 528. The minimum Gasteiger partial charge on any atom is -0.370 e. The minimum absolute atomic E-state index is 0.757. The molecule has 0 spiro atoms. The number of nitrogens with one attached hydrogen (secondary N) is 1. The van der Waals surface area contributed by atoms with Crippen molar-refractivity contribution in [3.05, 3.63) is 58.9 Å². The molecule has 0 aliphatic rings. The monoisotopic (exact) mass is 275 g/mol. The highest BCUT2D eigenvalue weighted by Gasteiger charge is 2.08. The van der Waals surface area contributed by atoms with Crippen molar-refractivity contribution < 1.29 is 0 Å². The molecule has 1 heterocycles. The lowest BCUT2D eigenvalue weighted by Gasteiger charge is -2.23. The smallest absolute Gasteiger partial charge is 0.0441 e. The lowest BCUT2D eigenvalue weighted by Crippen LogP contribution is -2.19. The largest absolute Gasteiger partial charge is 0.370 e. The lowest BCUT2D eigenvalue weighted by molar-refractivity contribution is 0.805. The molecule has 0 fully saturated rings. The number of aromatic nitrogens is 1. The van der Waals surface area contributed by atoms with Gasteiger partial charge in [0.05, 0.1) is 0 Å². The first-order valence-corrected chi connectivity index (χ1v) is 6.61. The summed E-state index contributed by atoms with van der Waals surface area (Å²) in [6, 6.07) is 10.0. The molecule has 3 nitrogen and oxygen atoms in total. The normalized spacial score (nSPS) is 10.5. The third-order valence-electron chi connectivity index (χ3n) is 2.97. The molecule has 0 saturated carbocycles. The lowest BCUT2D eigenvalue weighted by atomic mass is 10.1. The summed E-state index contributed by atoms with van der Waals surface area (Å²) < 4.78 is 0. The van der Waals surface area contributed by atoms with E-state index in [-0.39, 0.29) is 0 Å². The molecule has 1 aromatic carbocycles. The number of pyridine rings is 1. The van der Waals surface area contributed by atoms with Crippen molar-refractivity contribution in [1.29, 1.82) is 0 Å². The van der Waals surface area contributed by atoms with Crippen LogP contribution in [-0.2, 0) is 13.1 Å². The van der Waals surface area contributed by atoms with E-state index in [2.05, 4.69) is 34.4 Å². The highest BCUT2D eigenvalue weighted by molar-refractivity contribution is 6.30. The molecule has 0 saturated heterocycles. The second kappa shape index (κ2) is 6.55. The van der Waals surface area contributed by atoms with Gasteiger partial charge in [0.1, 0.15) is 0 Å². The van der Waals surface area contributed by atoms with Crippen LogP contribution in [0.3, 0.4) is 0 Å². The summed E-state index contributed by atoms with van der Waals surface area (Å²) in [5.74, 6) is 0. The predicted octanol–water partition coefficient (Wildman–Crippen LogP) is 3.09. The highest BCUT2D eigenvalue weighted by atomic mass is 35.5. The second-order valence-corrected chi connectivity index (χ2v) is 4.96. The van der Waals surface area contributed by atoms with Crippen LogP contribution in [-0.4, -0.2) is 19.1 Å². The van der Waals surface area contributed by atoms with E-state index in [1.807, 2.05) is 31.4 Å². The van der Waals surface area contributed by atoms with Gasteiger partial charge in [-0.1, -0.05) is 23.7 Å². The molecular weight excluding hydrogens is 258 g/mol.